The molecule has 0 saturated carbocycles. The predicted molar refractivity (Wildman–Crippen MR) is 52.0 cm³/mol. The van der Waals surface area contributed by atoms with Crippen LogP contribution in [0.1, 0.15) is 26.7 Å². The van der Waals surface area contributed by atoms with E-state index in [-0.39, 0.29) is 5.60 Å². The molecule has 0 aliphatic rings. The first-order chi connectivity index (χ1) is 5.62. The molecule has 12 heavy (non-hydrogen) atoms. The summed E-state index contributed by atoms with van der Waals surface area (Å²) in [6, 6.07) is 0. The van der Waals surface area contributed by atoms with E-state index in [1.165, 1.54) is 0 Å². The first-order valence-corrected chi connectivity index (χ1v) is 4.32. The average molecular weight is 169 g/mol. The summed E-state index contributed by atoms with van der Waals surface area (Å²) >= 11 is 0. The van der Waals surface area contributed by atoms with Crippen molar-refractivity contribution in [2.75, 3.05) is 20.2 Å². The molecule has 0 heterocycles. The summed E-state index contributed by atoms with van der Waals surface area (Å²) in [6.45, 7) is 5.95. The van der Waals surface area contributed by atoms with E-state index in [1.54, 1.807) is 7.11 Å². The van der Waals surface area contributed by atoms with E-state index in [9.17, 15) is 0 Å². The highest BCUT2D eigenvalue weighted by atomic mass is 16.5. The van der Waals surface area contributed by atoms with Gasteiger partial charge < -0.3 is 10.1 Å². The topological polar surface area (TPSA) is 21.3 Å². The van der Waals surface area contributed by atoms with E-state index >= 15 is 0 Å². The Morgan fingerprint density at radius 2 is 2.17 bits per heavy atom. The molecule has 2 nitrogen and oxygen atoms in total. The third-order valence-corrected chi connectivity index (χ3v) is 1.78. The minimum atomic E-state index is -0.0733. The fourth-order valence-corrected chi connectivity index (χ4v) is 0.777. The number of ether oxygens (including phenoxy) is 1. The van der Waals surface area contributed by atoms with Gasteiger partial charge in [0, 0.05) is 20.1 Å². The summed E-state index contributed by atoms with van der Waals surface area (Å²) in [5.74, 6) is 2.61. The van der Waals surface area contributed by atoms with E-state index < -0.39 is 0 Å². The van der Waals surface area contributed by atoms with Gasteiger partial charge in [0.15, 0.2) is 0 Å². The van der Waals surface area contributed by atoms with Crippen LogP contribution in [0.4, 0.5) is 0 Å². The Balaban J connectivity index is 3.26. The lowest BCUT2D eigenvalue weighted by Gasteiger charge is -2.23. The lowest BCUT2D eigenvalue weighted by molar-refractivity contribution is 0.0234. The third-order valence-electron chi connectivity index (χ3n) is 1.78. The van der Waals surface area contributed by atoms with Crippen molar-refractivity contribution in [3.63, 3.8) is 0 Å². The average Bonchev–Trinajstić information content (AvgIpc) is 2.04. The smallest absolute Gasteiger partial charge is 0.0746 e. The molecular formula is C10H19NO. The molecule has 0 rings (SSSR count). The quantitative estimate of drug-likeness (QED) is 0.479. The van der Waals surface area contributed by atoms with Crippen molar-refractivity contribution in [1.29, 1.82) is 0 Å². The number of methoxy groups -OCH3 is 1. The van der Waals surface area contributed by atoms with Crippen molar-refractivity contribution < 1.29 is 4.74 Å². The van der Waals surface area contributed by atoms with Crippen LogP contribution in [-0.2, 0) is 4.74 Å². The van der Waals surface area contributed by atoms with Crippen LogP contribution in [0.2, 0.25) is 0 Å². The number of unbranched alkanes of at least 4 members (excludes halogenated alkanes) is 1. The molecule has 0 aliphatic carbocycles. The zero-order valence-electron chi connectivity index (χ0n) is 8.31. The molecule has 0 aromatic carbocycles. The first kappa shape index (κ1) is 11.5. The van der Waals surface area contributed by atoms with Gasteiger partial charge in [0.2, 0.25) is 0 Å². The van der Waals surface area contributed by atoms with E-state index in [1.807, 2.05) is 0 Å². The molecule has 0 radical (unpaired) electrons. The van der Waals surface area contributed by atoms with Gasteiger partial charge in [-0.05, 0) is 26.8 Å². The van der Waals surface area contributed by atoms with Crippen molar-refractivity contribution >= 4 is 0 Å². The number of terminal acetylenes is 1. The fourth-order valence-electron chi connectivity index (χ4n) is 0.777. The van der Waals surface area contributed by atoms with Crippen LogP contribution in [0.5, 0.6) is 0 Å². The standard InChI is InChI=1S/C10H19NO/c1-5-6-7-8-11-9-10(2,3)12-4/h1,11H,6-9H2,2-4H3. The molecule has 0 aliphatic heterocycles. The highest BCUT2D eigenvalue weighted by molar-refractivity contribution is 4.83. The molecule has 0 unspecified atom stereocenters. The monoisotopic (exact) mass is 169 g/mol. The van der Waals surface area contributed by atoms with E-state index in [2.05, 4.69) is 25.1 Å². The molecule has 2 heteroatoms. The van der Waals surface area contributed by atoms with Crippen LogP contribution >= 0.6 is 0 Å². The van der Waals surface area contributed by atoms with Crippen LogP contribution in [-0.4, -0.2) is 25.8 Å². The maximum absolute atomic E-state index is 5.24. The molecule has 0 saturated heterocycles. The van der Waals surface area contributed by atoms with Crippen molar-refractivity contribution in [3.05, 3.63) is 0 Å². The maximum Gasteiger partial charge on any atom is 0.0746 e. The maximum atomic E-state index is 5.24. The largest absolute Gasteiger partial charge is 0.377 e. The van der Waals surface area contributed by atoms with E-state index in [0.29, 0.717) is 0 Å². The molecule has 70 valence electrons. The number of rotatable bonds is 6. The molecule has 1 N–H and O–H groups in total. The van der Waals surface area contributed by atoms with Crippen LogP contribution in [0.15, 0.2) is 0 Å². The molecule has 0 spiro atoms. The fraction of sp³-hybridized carbons (Fsp3) is 0.800. The second-order valence-corrected chi connectivity index (χ2v) is 3.45. The predicted octanol–water partition coefficient (Wildman–Crippen LogP) is 1.41. The van der Waals surface area contributed by atoms with E-state index in [0.717, 1.165) is 25.9 Å². The van der Waals surface area contributed by atoms with Crippen molar-refractivity contribution in [3.8, 4) is 12.3 Å². The second-order valence-electron chi connectivity index (χ2n) is 3.45. The third kappa shape index (κ3) is 6.21. The minimum Gasteiger partial charge on any atom is -0.377 e. The van der Waals surface area contributed by atoms with Crippen molar-refractivity contribution in [2.24, 2.45) is 0 Å². The molecule has 0 amide bonds. The summed E-state index contributed by atoms with van der Waals surface area (Å²) < 4.78 is 5.24. The van der Waals surface area contributed by atoms with Gasteiger partial charge in [-0.3, -0.25) is 0 Å². The van der Waals surface area contributed by atoms with Crippen molar-refractivity contribution in [2.45, 2.75) is 32.3 Å². The summed E-state index contributed by atoms with van der Waals surface area (Å²) in [5, 5.41) is 3.29. The molecule has 0 aromatic heterocycles. The first-order valence-electron chi connectivity index (χ1n) is 4.32. The SMILES string of the molecule is C#CCCCNCC(C)(C)OC. The molecule has 0 fully saturated rings. The lowest BCUT2D eigenvalue weighted by Crippen LogP contribution is -2.37. The van der Waals surface area contributed by atoms with Gasteiger partial charge in [-0.1, -0.05) is 0 Å². The highest BCUT2D eigenvalue weighted by Gasteiger charge is 2.14. The zero-order valence-corrected chi connectivity index (χ0v) is 8.31. The molecule has 0 bridgehead atoms. The van der Waals surface area contributed by atoms with Crippen molar-refractivity contribution in [1.82, 2.24) is 5.32 Å². The summed E-state index contributed by atoms with van der Waals surface area (Å²) in [5.41, 5.74) is -0.0733. The van der Waals surface area contributed by atoms with Gasteiger partial charge in [0.05, 0.1) is 5.60 Å². The summed E-state index contributed by atoms with van der Waals surface area (Å²) in [4.78, 5) is 0. The molecular weight excluding hydrogens is 150 g/mol. The van der Waals surface area contributed by atoms with Gasteiger partial charge in [-0.25, -0.2) is 0 Å². The van der Waals surface area contributed by atoms with Gasteiger partial charge >= 0.3 is 0 Å². The number of nitrogens with one attached hydrogen (secondary N) is 1. The second kappa shape index (κ2) is 6.05. The Bertz CT molecular complexity index is 146. The summed E-state index contributed by atoms with van der Waals surface area (Å²) in [6.07, 6.45) is 7.01. The van der Waals surface area contributed by atoms with Crippen LogP contribution in [0.25, 0.3) is 0 Å². The number of hydrogen-bond acceptors (Lipinski definition) is 2. The Labute approximate surface area is 75.7 Å². The van der Waals surface area contributed by atoms with Gasteiger partial charge in [-0.2, -0.15) is 0 Å². The minimum absolute atomic E-state index is 0.0733. The Hall–Kier alpha value is -0.520. The van der Waals surface area contributed by atoms with Crippen LogP contribution in [0.3, 0.4) is 0 Å². The summed E-state index contributed by atoms with van der Waals surface area (Å²) in [7, 11) is 1.73. The number of hydrogen-bond donors (Lipinski definition) is 1. The van der Waals surface area contributed by atoms with Gasteiger partial charge in [-0.15, -0.1) is 12.3 Å². The highest BCUT2D eigenvalue weighted by Crippen LogP contribution is 2.04. The zero-order chi connectivity index (χ0) is 9.45. The van der Waals surface area contributed by atoms with Crippen LogP contribution < -0.4 is 5.32 Å². The Morgan fingerprint density at radius 1 is 1.50 bits per heavy atom. The Kier molecular flexibility index (Phi) is 5.79. The van der Waals surface area contributed by atoms with E-state index in [4.69, 9.17) is 11.2 Å². The normalized spacial score (nSPS) is 11.2. The Morgan fingerprint density at radius 3 is 2.67 bits per heavy atom. The van der Waals surface area contributed by atoms with Crippen LogP contribution in [0, 0.1) is 12.3 Å². The van der Waals surface area contributed by atoms with Gasteiger partial charge in [0.1, 0.15) is 0 Å². The molecule has 0 atom stereocenters. The lowest BCUT2D eigenvalue weighted by atomic mass is 10.1. The molecule has 0 aromatic rings. The van der Waals surface area contributed by atoms with Gasteiger partial charge in [0.25, 0.3) is 0 Å².